The molecule has 0 radical (unpaired) electrons. The van der Waals surface area contributed by atoms with Gasteiger partial charge in [-0.15, -0.1) is 0 Å². The van der Waals surface area contributed by atoms with Crippen LogP contribution in [0.5, 0.6) is 5.75 Å². The molecule has 2 aliphatic carbocycles. The smallest absolute Gasteiger partial charge is 0.120 e. The van der Waals surface area contributed by atoms with Gasteiger partial charge in [-0.25, -0.2) is 0 Å². The van der Waals surface area contributed by atoms with Crippen LogP contribution in [-0.2, 0) is 6.42 Å². The Kier molecular flexibility index (Phi) is 6.42. The molecule has 0 aliphatic heterocycles. The van der Waals surface area contributed by atoms with Crippen molar-refractivity contribution in [1.82, 2.24) is 0 Å². The molecular weight excluding hydrogens is 318 g/mol. The number of unbranched alkanes of at least 4 members (excludes halogenated alkanes) is 1. The predicted molar refractivity (Wildman–Crippen MR) is 111 cm³/mol. The molecule has 26 heavy (non-hydrogen) atoms. The lowest BCUT2D eigenvalue weighted by atomic mass is 9.85. The zero-order valence-corrected chi connectivity index (χ0v) is 17.1. The van der Waals surface area contributed by atoms with Crippen LogP contribution < -0.4 is 4.74 Å². The lowest BCUT2D eigenvalue weighted by Crippen LogP contribution is -2.13. The Bertz CT molecular complexity index is 600. The maximum Gasteiger partial charge on any atom is 0.120 e. The quantitative estimate of drug-likeness (QED) is 0.378. The van der Waals surface area contributed by atoms with Crippen LogP contribution in [0.15, 0.2) is 12.1 Å². The summed E-state index contributed by atoms with van der Waals surface area (Å²) in [6, 6.07) is 4.34. The van der Waals surface area contributed by atoms with Gasteiger partial charge in [-0.1, -0.05) is 44.9 Å². The third-order valence-corrected chi connectivity index (χ3v) is 6.44. The molecule has 0 spiro atoms. The molecule has 0 aromatic heterocycles. The first-order chi connectivity index (χ1) is 12.5. The summed E-state index contributed by atoms with van der Waals surface area (Å²) in [5, 5.41) is 8.42. The molecule has 2 aliphatic rings. The van der Waals surface area contributed by atoms with Gasteiger partial charge < -0.3 is 10.1 Å². The highest BCUT2D eigenvalue weighted by Gasteiger charge is 2.40. The highest BCUT2D eigenvalue weighted by molar-refractivity contribution is 5.84. The number of nitrogens with one attached hydrogen (secondary N) is 1. The summed E-state index contributed by atoms with van der Waals surface area (Å²) < 4.78 is 6.12. The minimum atomic E-state index is 0.0748. The Morgan fingerprint density at radius 2 is 1.73 bits per heavy atom. The number of benzene rings is 1. The number of hydrogen-bond acceptors (Lipinski definition) is 2. The minimum absolute atomic E-state index is 0.0748. The molecule has 0 unspecified atom stereocenters. The number of ether oxygens (including phenoxy) is 1. The molecule has 0 bridgehead atoms. The van der Waals surface area contributed by atoms with E-state index in [1.165, 1.54) is 80.9 Å². The van der Waals surface area contributed by atoms with Crippen molar-refractivity contribution >= 4 is 5.71 Å². The summed E-state index contributed by atoms with van der Waals surface area (Å²) in [5.41, 5.74) is 4.84. The predicted octanol–water partition coefficient (Wildman–Crippen LogP) is 6.94. The molecule has 0 saturated heterocycles. The molecule has 0 heterocycles. The molecule has 0 amide bonds. The van der Waals surface area contributed by atoms with Crippen molar-refractivity contribution in [2.45, 2.75) is 103 Å². The summed E-state index contributed by atoms with van der Waals surface area (Å²) in [4.78, 5) is 0. The molecule has 144 valence electrons. The number of aryl methyl sites for hydroxylation is 2. The third-order valence-electron chi connectivity index (χ3n) is 6.44. The lowest BCUT2D eigenvalue weighted by Gasteiger charge is -2.21. The summed E-state index contributed by atoms with van der Waals surface area (Å²) in [7, 11) is 0. The van der Waals surface area contributed by atoms with Crippen LogP contribution in [0.3, 0.4) is 0 Å². The average molecular weight is 356 g/mol. The van der Waals surface area contributed by atoms with E-state index in [9.17, 15) is 0 Å². The van der Waals surface area contributed by atoms with E-state index in [-0.39, 0.29) is 5.60 Å². The Morgan fingerprint density at radius 1 is 1.08 bits per heavy atom. The van der Waals surface area contributed by atoms with Crippen LogP contribution in [0.2, 0.25) is 0 Å². The topological polar surface area (TPSA) is 33.1 Å². The summed E-state index contributed by atoms with van der Waals surface area (Å²) in [6.07, 6.45) is 15.2. The van der Waals surface area contributed by atoms with Gasteiger partial charge in [-0.3, -0.25) is 0 Å². The number of rotatable bonds is 9. The van der Waals surface area contributed by atoms with E-state index in [1.807, 2.05) is 0 Å². The molecule has 3 rings (SSSR count). The van der Waals surface area contributed by atoms with Gasteiger partial charge in [0.1, 0.15) is 11.4 Å². The van der Waals surface area contributed by atoms with E-state index in [1.54, 1.807) is 0 Å². The van der Waals surface area contributed by atoms with Crippen LogP contribution >= 0.6 is 0 Å². The van der Waals surface area contributed by atoms with E-state index < -0.39 is 0 Å². The first-order valence-electron chi connectivity index (χ1n) is 10.8. The summed E-state index contributed by atoms with van der Waals surface area (Å²) in [5.74, 6) is 1.98. The van der Waals surface area contributed by atoms with Gasteiger partial charge in [0, 0.05) is 12.1 Å². The van der Waals surface area contributed by atoms with Crippen LogP contribution in [0.4, 0.5) is 0 Å². The molecule has 0 atom stereocenters. The van der Waals surface area contributed by atoms with Gasteiger partial charge in [-0.2, -0.15) is 0 Å². The molecule has 1 aromatic carbocycles. The van der Waals surface area contributed by atoms with Gasteiger partial charge in [0.15, 0.2) is 0 Å². The molecule has 1 aromatic rings. The SMILES string of the molecule is Cc1cc(OC2(C)CC2)cc(C)c1CC(=N)CCCCC1CCCCC1. The van der Waals surface area contributed by atoms with E-state index >= 15 is 0 Å². The van der Waals surface area contributed by atoms with Crippen molar-refractivity contribution in [3.63, 3.8) is 0 Å². The molecule has 2 nitrogen and oxygen atoms in total. The Balaban J connectivity index is 1.44. The Hall–Kier alpha value is -1.31. The van der Waals surface area contributed by atoms with E-state index in [0.29, 0.717) is 0 Å². The monoisotopic (exact) mass is 355 g/mol. The maximum atomic E-state index is 8.42. The molecule has 2 heteroatoms. The summed E-state index contributed by atoms with van der Waals surface area (Å²) in [6.45, 7) is 6.52. The van der Waals surface area contributed by atoms with E-state index in [4.69, 9.17) is 10.1 Å². The minimum Gasteiger partial charge on any atom is -0.488 e. The van der Waals surface area contributed by atoms with E-state index in [0.717, 1.165) is 30.2 Å². The highest BCUT2D eigenvalue weighted by Crippen LogP contribution is 2.40. The van der Waals surface area contributed by atoms with Gasteiger partial charge in [0.2, 0.25) is 0 Å². The van der Waals surface area contributed by atoms with Gasteiger partial charge >= 0.3 is 0 Å². The fourth-order valence-corrected chi connectivity index (χ4v) is 4.40. The molecular formula is C24H37NO. The lowest BCUT2D eigenvalue weighted by molar-refractivity contribution is 0.200. The van der Waals surface area contributed by atoms with Crippen molar-refractivity contribution in [1.29, 1.82) is 5.41 Å². The standard InChI is InChI=1S/C24H37NO/c1-18-15-22(26-24(3)13-14-24)16-19(2)23(18)17-21(25)12-8-7-11-20-9-5-4-6-10-20/h15-16,20,25H,4-14,17H2,1-3H3. The van der Waals surface area contributed by atoms with Gasteiger partial charge in [0.25, 0.3) is 0 Å². The zero-order valence-electron chi connectivity index (χ0n) is 17.1. The van der Waals surface area contributed by atoms with Crippen molar-refractivity contribution in [3.05, 3.63) is 28.8 Å². The number of hydrogen-bond donors (Lipinski definition) is 1. The van der Waals surface area contributed by atoms with Crippen LogP contribution in [0.25, 0.3) is 0 Å². The average Bonchev–Trinajstić information content (AvgIpc) is 3.33. The Morgan fingerprint density at radius 3 is 2.35 bits per heavy atom. The second kappa shape index (κ2) is 8.59. The first kappa shape index (κ1) is 19.5. The maximum absolute atomic E-state index is 8.42. The van der Waals surface area contributed by atoms with Crippen molar-refractivity contribution in [2.24, 2.45) is 5.92 Å². The van der Waals surface area contributed by atoms with Crippen LogP contribution in [-0.4, -0.2) is 11.3 Å². The Labute approximate surface area is 160 Å². The van der Waals surface area contributed by atoms with Crippen LogP contribution in [0, 0.1) is 25.2 Å². The second-order valence-corrected chi connectivity index (χ2v) is 9.12. The molecule has 2 fully saturated rings. The van der Waals surface area contributed by atoms with Gasteiger partial charge in [0.05, 0.1) is 0 Å². The van der Waals surface area contributed by atoms with Crippen molar-refractivity contribution < 1.29 is 4.74 Å². The fraction of sp³-hybridized carbons (Fsp3) is 0.708. The van der Waals surface area contributed by atoms with Crippen LogP contribution in [0.1, 0.15) is 94.2 Å². The second-order valence-electron chi connectivity index (χ2n) is 9.12. The molecule has 1 N–H and O–H groups in total. The zero-order chi connectivity index (χ0) is 18.6. The van der Waals surface area contributed by atoms with Crippen molar-refractivity contribution in [3.8, 4) is 5.75 Å². The summed E-state index contributed by atoms with van der Waals surface area (Å²) >= 11 is 0. The first-order valence-corrected chi connectivity index (χ1v) is 10.8. The third kappa shape index (κ3) is 5.59. The fourth-order valence-electron chi connectivity index (χ4n) is 4.40. The van der Waals surface area contributed by atoms with E-state index in [2.05, 4.69) is 32.9 Å². The van der Waals surface area contributed by atoms with Crippen molar-refractivity contribution in [2.75, 3.05) is 0 Å². The highest BCUT2D eigenvalue weighted by atomic mass is 16.5. The normalized spacial score (nSPS) is 19.3. The largest absolute Gasteiger partial charge is 0.488 e. The molecule has 2 saturated carbocycles. The van der Waals surface area contributed by atoms with Gasteiger partial charge in [-0.05, 0) is 81.2 Å².